The molecule has 0 aliphatic carbocycles. The van der Waals surface area contributed by atoms with Crippen molar-refractivity contribution >= 4 is 17.8 Å². The van der Waals surface area contributed by atoms with E-state index in [1.54, 1.807) is 37.3 Å². The van der Waals surface area contributed by atoms with Crippen molar-refractivity contribution < 1.29 is 13.2 Å². The second-order valence-electron chi connectivity index (χ2n) is 6.26. The van der Waals surface area contributed by atoms with E-state index in [0.29, 0.717) is 27.9 Å². The van der Waals surface area contributed by atoms with Crippen LogP contribution < -0.4 is 0 Å². The number of aromatic nitrogens is 2. The Morgan fingerprint density at radius 3 is 2.63 bits per heavy atom. The first-order valence-electron chi connectivity index (χ1n) is 8.15. The zero-order valence-electron chi connectivity index (χ0n) is 14.1. The van der Waals surface area contributed by atoms with Gasteiger partial charge in [0.05, 0.1) is 0 Å². The Morgan fingerprint density at radius 2 is 1.89 bits per heavy atom. The number of aryl methyl sites for hydroxylation is 1. The van der Waals surface area contributed by atoms with Crippen molar-refractivity contribution in [2.24, 2.45) is 4.99 Å². The minimum atomic E-state index is -2.74. The van der Waals surface area contributed by atoms with E-state index in [1.807, 2.05) is 0 Å². The highest BCUT2D eigenvalue weighted by molar-refractivity contribution is 6.29. The minimum absolute atomic E-state index is 0.229. The molecule has 0 spiro atoms. The van der Waals surface area contributed by atoms with Gasteiger partial charge in [0.15, 0.2) is 0 Å². The van der Waals surface area contributed by atoms with Crippen LogP contribution in [-0.4, -0.2) is 16.2 Å². The summed E-state index contributed by atoms with van der Waals surface area (Å²) in [5, 5.41) is 0.229. The molecule has 0 amide bonds. The lowest BCUT2D eigenvalue weighted by atomic mass is 9.77. The molecule has 136 valence electrons. The number of benzene rings is 1. The van der Waals surface area contributed by atoms with Crippen LogP contribution in [0.2, 0.25) is 5.15 Å². The molecule has 0 fully saturated rings. The van der Waals surface area contributed by atoms with Crippen LogP contribution in [0, 0.1) is 12.7 Å². The van der Waals surface area contributed by atoms with Crippen molar-refractivity contribution in [1.82, 2.24) is 9.97 Å². The number of pyridine rings is 2. The van der Waals surface area contributed by atoms with Gasteiger partial charge < -0.3 is 0 Å². The number of halogens is 4. The maximum absolute atomic E-state index is 14.4. The smallest absolute Gasteiger partial charge is 0.271 e. The van der Waals surface area contributed by atoms with E-state index >= 15 is 0 Å². The van der Waals surface area contributed by atoms with Crippen molar-refractivity contribution in [2.45, 2.75) is 18.9 Å². The van der Waals surface area contributed by atoms with Crippen LogP contribution in [0.4, 0.5) is 13.2 Å². The summed E-state index contributed by atoms with van der Waals surface area (Å²) < 4.78 is 41.1. The number of hydrogen-bond acceptors (Lipinski definition) is 3. The van der Waals surface area contributed by atoms with Crippen LogP contribution in [0.25, 0.3) is 0 Å². The maximum atomic E-state index is 14.4. The lowest BCUT2D eigenvalue weighted by molar-refractivity contribution is 0.145. The summed E-state index contributed by atoms with van der Waals surface area (Å²) in [5.74, 6) is -0.432. The molecule has 4 rings (SSSR count). The van der Waals surface area contributed by atoms with E-state index in [-0.39, 0.29) is 10.8 Å². The van der Waals surface area contributed by atoms with Crippen LogP contribution in [0.3, 0.4) is 0 Å². The number of nitrogens with zero attached hydrogens (tertiary/aromatic N) is 3. The Labute approximate surface area is 158 Å². The summed E-state index contributed by atoms with van der Waals surface area (Å²) >= 11 is 6.07. The van der Waals surface area contributed by atoms with E-state index in [2.05, 4.69) is 15.0 Å². The van der Waals surface area contributed by atoms with Crippen molar-refractivity contribution in [3.63, 3.8) is 0 Å². The molecule has 1 aromatic carbocycles. The molecule has 0 bridgehead atoms. The summed E-state index contributed by atoms with van der Waals surface area (Å²) in [5.41, 5.74) is 0.796. The summed E-state index contributed by atoms with van der Waals surface area (Å²) in [6.45, 7) is 1.63. The maximum Gasteiger partial charge on any atom is 0.280 e. The molecular weight excluding hydrogens is 375 g/mol. The van der Waals surface area contributed by atoms with E-state index < -0.39 is 17.8 Å². The van der Waals surface area contributed by atoms with Gasteiger partial charge in [-0.05, 0) is 48.4 Å². The highest BCUT2D eigenvalue weighted by atomic mass is 35.5. The van der Waals surface area contributed by atoms with Gasteiger partial charge >= 0.3 is 0 Å². The Kier molecular flexibility index (Phi) is 4.23. The first-order chi connectivity index (χ1) is 12.9. The Morgan fingerprint density at radius 1 is 1.07 bits per heavy atom. The second-order valence-corrected chi connectivity index (χ2v) is 6.65. The lowest BCUT2D eigenvalue weighted by Gasteiger charge is -2.30. The second kappa shape index (κ2) is 6.46. The van der Waals surface area contributed by atoms with Gasteiger partial charge in [-0.3, -0.25) is 9.98 Å². The number of fused-ring (bicyclic) bond motifs is 1. The van der Waals surface area contributed by atoms with Crippen LogP contribution in [0.5, 0.6) is 0 Å². The molecule has 0 saturated heterocycles. The molecular formula is C20H13ClF3N3. The molecule has 1 atom stereocenters. The zero-order valence-corrected chi connectivity index (χ0v) is 14.9. The fourth-order valence-corrected chi connectivity index (χ4v) is 3.66. The number of rotatable bonds is 3. The molecule has 27 heavy (non-hydrogen) atoms. The van der Waals surface area contributed by atoms with Gasteiger partial charge in [-0.25, -0.2) is 18.2 Å². The predicted octanol–water partition coefficient (Wildman–Crippen LogP) is 5.24. The molecule has 3 nitrogen and oxygen atoms in total. The highest BCUT2D eigenvalue weighted by Gasteiger charge is 2.42. The molecule has 1 aliphatic rings. The molecule has 0 N–H and O–H groups in total. The van der Waals surface area contributed by atoms with Gasteiger partial charge in [0.1, 0.15) is 22.2 Å². The summed E-state index contributed by atoms with van der Waals surface area (Å²) in [6, 6.07) is 10.9. The van der Waals surface area contributed by atoms with E-state index in [4.69, 9.17) is 11.6 Å². The lowest BCUT2D eigenvalue weighted by Crippen LogP contribution is -2.26. The van der Waals surface area contributed by atoms with Crippen LogP contribution in [0.15, 0.2) is 53.7 Å². The van der Waals surface area contributed by atoms with Gasteiger partial charge in [0.2, 0.25) is 0 Å². The largest absolute Gasteiger partial charge is 0.280 e. The third kappa shape index (κ3) is 2.80. The highest BCUT2D eigenvalue weighted by Crippen LogP contribution is 2.46. The summed E-state index contributed by atoms with van der Waals surface area (Å²) in [7, 11) is 0. The van der Waals surface area contributed by atoms with Gasteiger partial charge in [-0.1, -0.05) is 23.7 Å². The number of hydrogen-bond donors (Lipinski definition) is 0. The van der Waals surface area contributed by atoms with Crippen LogP contribution in [-0.2, 0) is 5.54 Å². The fraction of sp³-hybridized carbons (Fsp3) is 0.150. The van der Waals surface area contributed by atoms with Gasteiger partial charge in [0, 0.05) is 29.2 Å². The van der Waals surface area contributed by atoms with E-state index in [0.717, 1.165) is 0 Å². The van der Waals surface area contributed by atoms with Gasteiger partial charge in [0.25, 0.3) is 6.43 Å². The van der Waals surface area contributed by atoms with Crippen molar-refractivity contribution in [3.8, 4) is 0 Å². The standard InChI is InChI=1S/C20H13ClF3N3/c1-11-7-13(8-17(27-11)19(23)24)20(12-5-6-25-18(21)9-12)15-3-2-4-16(22)14(15)10-26-20/h2-10,19H,1H3. The molecule has 0 radical (unpaired) electrons. The van der Waals surface area contributed by atoms with Crippen LogP contribution in [0.1, 0.15) is 40.1 Å². The Hall–Kier alpha value is -2.73. The monoisotopic (exact) mass is 387 g/mol. The van der Waals surface area contributed by atoms with E-state index in [9.17, 15) is 13.2 Å². The Balaban J connectivity index is 2.07. The first-order valence-corrected chi connectivity index (χ1v) is 8.53. The Bertz CT molecular complexity index is 1070. The normalized spacial score (nSPS) is 18.1. The van der Waals surface area contributed by atoms with Crippen molar-refractivity contribution in [1.29, 1.82) is 0 Å². The summed E-state index contributed by atoms with van der Waals surface area (Å²) in [6.07, 6.45) is 0.199. The molecule has 3 aromatic rings. The fourth-order valence-electron chi connectivity index (χ4n) is 3.48. The molecule has 7 heteroatoms. The van der Waals surface area contributed by atoms with Gasteiger partial charge in [-0.15, -0.1) is 0 Å². The third-order valence-corrected chi connectivity index (χ3v) is 4.80. The quantitative estimate of drug-likeness (QED) is 0.576. The van der Waals surface area contributed by atoms with Gasteiger partial charge in [-0.2, -0.15) is 0 Å². The molecule has 3 heterocycles. The molecule has 1 unspecified atom stereocenters. The molecule has 1 aliphatic heterocycles. The predicted molar refractivity (Wildman–Crippen MR) is 97.1 cm³/mol. The zero-order chi connectivity index (χ0) is 19.2. The number of alkyl halides is 2. The van der Waals surface area contributed by atoms with Crippen molar-refractivity contribution in [2.75, 3.05) is 0 Å². The minimum Gasteiger partial charge on any atom is -0.271 e. The average molecular weight is 388 g/mol. The van der Waals surface area contributed by atoms with E-state index in [1.165, 1.54) is 24.5 Å². The SMILES string of the molecule is Cc1cc(C2(c3ccnc(Cl)c3)N=Cc3c(F)cccc32)cc(C(F)F)n1. The van der Waals surface area contributed by atoms with Crippen molar-refractivity contribution in [3.05, 3.63) is 93.3 Å². The summed E-state index contributed by atoms with van der Waals surface area (Å²) in [4.78, 5) is 12.5. The molecule has 0 saturated carbocycles. The number of aliphatic imine (C=N–C) groups is 1. The average Bonchev–Trinajstić information content (AvgIpc) is 3.03. The molecule has 2 aromatic heterocycles. The van der Waals surface area contributed by atoms with Crippen LogP contribution >= 0.6 is 11.6 Å². The first kappa shape index (κ1) is 17.7. The third-order valence-electron chi connectivity index (χ3n) is 4.59. The topological polar surface area (TPSA) is 38.1 Å².